The number of amides is 1. The molecule has 2 fully saturated rings. The van der Waals surface area contributed by atoms with Gasteiger partial charge in [0, 0.05) is 43.5 Å². The first-order valence-corrected chi connectivity index (χ1v) is 10.3. The molecule has 1 saturated carbocycles. The molecule has 0 spiro atoms. The summed E-state index contributed by atoms with van der Waals surface area (Å²) in [5.74, 6) is -0.619. The standard InChI is InChI=1S/C22H23FN4O3/c23-18-3-1-2-4-20(18)25-9-10-26-19-8-7-16(27(29)30)11-14(19)12-17(21(26)13-25)22(28)24-15-5-6-15/h1-4,7-8,11,15,17,21H,5-6,9-10,12-13H2,(H,24,28)/t17-,21-/m1/s1. The van der Waals surface area contributed by atoms with Crippen molar-refractivity contribution < 1.29 is 14.1 Å². The Morgan fingerprint density at radius 2 is 1.93 bits per heavy atom. The van der Waals surface area contributed by atoms with Crippen LogP contribution in [-0.2, 0) is 11.2 Å². The van der Waals surface area contributed by atoms with Crippen LogP contribution in [0, 0.1) is 21.8 Å². The Bertz CT molecular complexity index is 1010. The van der Waals surface area contributed by atoms with Gasteiger partial charge >= 0.3 is 0 Å². The topological polar surface area (TPSA) is 78.7 Å². The molecule has 2 atom stereocenters. The number of nitro benzene ring substituents is 1. The zero-order valence-corrected chi connectivity index (χ0v) is 16.5. The van der Waals surface area contributed by atoms with Crippen LogP contribution in [0.1, 0.15) is 18.4 Å². The molecule has 0 bridgehead atoms. The van der Waals surface area contributed by atoms with Crippen molar-refractivity contribution in [1.29, 1.82) is 0 Å². The van der Waals surface area contributed by atoms with Gasteiger partial charge in [-0.15, -0.1) is 0 Å². The van der Waals surface area contributed by atoms with Crippen LogP contribution in [0.3, 0.4) is 0 Å². The number of carbonyl (C=O) groups is 1. The number of hydrogen-bond donors (Lipinski definition) is 1. The van der Waals surface area contributed by atoms with Crippen molar-refractivity contribution in [3.63, 3.8) is 0 Å². The van der Waals surface area contributed by atoms with Gasteiger partial charge in [0.05, 0.1) is 22.6 Å². The van der Waals surface area contributed by atoms with Gasteiger partial charge in [0.2, 0.25) is 5.91 Å². The van der Waals surface area contributed by atoms with Crippen LogP contribution >= 0.6 is 0 Å². The number of nitrogens with one attached hydrogen (secondary N) is 1. The van der Waals surface area contributed by atoms with Crippen molar-refractivity contribution in [2.24, 2.45) is 5.92 Å². The molecule has 2 aliphatic heterocycles. The van der Waals surface area contributed by atoms with Crippen LogP contribution in [0.5, 0.6) is 0 Å². The average molecular weight is 410 g/mol. The lowest BCUT2D eigenvalue weighted by molar-refractivity contribution is -0.384. The molecule has 7 nitrogen and oxygen atoms in total. The highest BCUT2D eigenvalue weighted by Crippen LogP contribution is 2.39. The number of non-ortho nitro benzene ring substituents is 1. The fourth-order valence-corrected chi connectivity index (χ4v) is 4.69. The van der Waals surface area contributed by atoms with E-state index in [1.54, 1.807) is 24.3 Å². The summed E-state index contributed by atoms with van der Waals surface area (Å²) >= 11 is 0. The SMILES string of the molecule is O=C(NC1CC1)[C@@H]1Cc2cc([N+](=O)[O-])ccc2N2CCN(c3ccccc3F)C[C@H]12. The summed E-state index contributed by atoms with van der Waals surface area (Å²) in [6.45, 7) is 1.77. The van der Waals surface area contributed by atoms with Gasteiger partial charge in [-0.2, -0.15) is 0 Å². The summed E-state index contributed by atoms with van der Waals surface area (Å²) < 4.78 is 14.4. The number of fused-ring (bicyclic) bond motifs is 3. The van der Waals surface area contributed by atoms with Crippen LogP contribution in [0.2, 0.25) is 0 Å². The number of carbonyl (C=O) groups excluding carboxylic acids is 1. The van der Waals surface area contributed by atoms with Crippen LogP contribution < -0.4 is 15.1 Å². The molecule has 0 unspecified atom stereocenters. The van der Waals surface area contributed by atoms with E-state index in [4.69, 9.17) is 0 Å². The number of nitrogens with zero attached hydrogens (tertiary/aromatic N) is 3. The summed E-state index contributed by atoms with van der Waals surface area (Å²) in [5.41, 5.74) is 2.36. The molecule has 1 N–H and O–H groups in total. The van der Waals surface area contributed by atoms with Gasteiger partial charge < -0.3 is 15.1 Å². The molecular formula is C22H23FN4O3. The van der Waals surface area contributed by atoms with Gasteiger partial charge in [-0.25, -0.2) is 4.39 Å². The van der Waals surface area contributed by atoms with Crippen molar-refractivity contribution >= 4 is 23.0 Å². The highest BCUT2D eigenvalue weighted by atomic mass is 19.1. The highest BCUT2D eigenvalue weighted by molar-refractivity contribution is 5.83. The Kier molecular flexibility index (Phi) is 4.56. The van der Waals surface area contributed by atoms with Gasteiger partial charge in [-0.3, -0.25) is 14.9 Å². The molecule has 156 valence electrons. The summed E-state index contributed by atoms with van der Waals surface area (Å²) in [6, 6.07) is 11.7. The maximum Gasteiger partial charge on any atom is 0.269 e. The van der Waals surface area contributed by atoms with E-state index in [1.165, 1.54) is 12.1 Å². The normalized spacial score (nSPS) is 22.8. The number of rotatable bonds is 4. The Hall–Kier alpha value is -3.16. The molecule has 1 amide bonds. The van der Waals surface area contributed by atoms with Gasteiger partial charge in [-0.1, -0.05) is 12.1 Å². The van der Waals surface area contributed by atoms with E-state index in [9.17, 15) is 19.3 Å². The average Bonchev–Trinajstić information content (AvgIpc) is 3.56. The smallest absolute Gasteiger partial charge is 0.269 e. The van der Waals surface area contributed by atoms with E-state index in [0.717, 1.165) is 24.1 Å². The molecule has 2 heterocycles. The van der Waals surface area contributed by atoms with E-state index in [-0.39, 0.29) is 35.4 Å². The number of hydrogen-bond acceptors (Lipinski definition) is 5. The van der Waals surface area contributed by atoms with E-state index < -0.39 is 4.92 Å². The van der Waals surface area contributed by atoms with Crippen LogP contribution in [-0.4, -0.2) is 42.5 Å². The monoisotopic (exact) mass is 410 g/mol. The number of piperazine rings is 1. The predicted octanol–water partition coefficient (Wildman–Crippen LogP) is 2.88. The zero-order chi connectivity index (χ0) is 20.8. The summed E-state index contributed by atoms with van der Waals surface area (Å²) in [7, 11) is 0. The first-order valence-electron chi connectivity index (χ1n) is 10.3. The minimum atomic E-state index is -0.401. The molecular weight excluding hydrogens is 387 g/mol. The maximum absolute atomic E-state index is 14.4. The van der Waals surface area contributed by atoms with E-state index in [1.807, 2.05) is 11.0 Å². The third-order valence-corrected chi connectivity index (χ3v) is 6.36. The minimum absolute atomic E-state index is 0.0139. The lowest BCUT2D eigenvalue weighted by Crippen LogP contribution is -2.61. The van der Waals surface area contributed by atoms with Crippen LogP contribution in [0.25, 0.3) is 0 Å². The van der Waals surface area contributed by atoms with Crippen molar-refractivity contribution in [2.45, 2.75) is 31.3 Å². The quantitative estimate of drug-likeness (QED) is 0.619. The second-order valence-corrected chi connectivity index (χ2v) is 8.32. The maximum atomic E-state index is 14.4. The van der Waals surface area contributed by atoms with E-state index >= 15 is 0 Å². The highest BCUT2D eigenvalue weighted by Gasteiger charge is 2.43. The van der Waals surface area contributed by atoms with Gasteiger partial charge in [-0.05, 0) is 43.0 Å². The van der Waals surface area contributed by atoms with Crippen LogP contribution in [0.4, 0.5) is 21.5 Å². The van der Waals surface area contributed by atoms with Crippen molar-refractivity contribution in [1.82, 2.24) is 5.32 Å². The molecule has 1 saturated heterocycles. The fourth-order valence-electron chi connectivity index (χ4n) is 4.69. The number of nitro groups is 1. The van der Waals surface area contributed by atoms with Crippen molar-refractivity contribution in [3.8, 4) is 0 Å². The summed E-state index contributed by atoms with van der Waals surface area (Å²) in [4.78, 5) is 28.1. The summed E-state index contributed by atoms with van der Waals surface area (Å²) in [5, 5.41) is 14.3. The molecule has 0 radical (unpaired) electrons. The minimum Gasteiger partial charge on any atom is -0.365 e. The number of benzene rings is 2. The Balaban J connectivity index is 1.49. The molecule has 2 aromatic carbocycles. The fraction of sp³-hybridized carbons (Fsp3) is 0.409. The Morgan fingerprint density at radius 3 is 2.67 bits per heavy atom. The van der Waals surface area contributed by atoms with Crippen LogP contribution in [0.15, 0.2) is 42.5 Å². The number of anilines is 2. The van der Waals surface area contributed by atoms with Crippen molar-refractivity contribution in [3.05, 3.63) is 64.0 Å². The molecule has 2 aromatic rings. The predicted molar refractivity (Wildman–Crippen MR) is 111 cm³/mol. The largest absolute Gasteiger partial charge is 0.365 e. The van der Waals surface area contributed by atoms with Gasteiger partial charge in [0.1, 0.15) is 5.82 Å². The third-order valence-electron chi connectivity index (χ3n) is 6.36. The Morgan fingerprint density at radius 1 is 1.13 bits per heavy atom. The lowest BCUT2D eigenvalue weighted by Gasteiger charge is -2.49. The first-order chi connectivity index (χ1) is 14.5. The van der Waals surface area contributed by atoms with Crippen molar-refractivity contribution in [2.75, 3.05) is 29.4 Å². The number of halogens is 1. The zero-order valence-electron chi connectivity index (χ0n) is 16.5. The molecule has 3 aliphatic rings. The second kappa shape index (κ2) is 7.27. The van der Waals surface area contributed by atoms with E-state index in [2.05, 4.69) is 10.2 Å². The van der Waals surface area contributed by atoms with Gasteiger partial charge in [0.15, 0.2) is 0 Å². The summed E-state index contributed by atoms with van der Waals surface area (Å²) in [6.07, 6.45) is 2.44. The van der Waals surface area contributed by atoms with Gasteiger partial charge in [0.25, 0.3) is 5.69 Å². The second-order valence-electron chi connectivity index (χ2n) is 8.32. The molecule has 8 heteroatoms. The molecule has 0 aromatic heterocycles. The molecule has 30 heavy (non-hydrogen) atoms. The number of para-hydroxylation sites is 1. The Labute approximate surface area is 173 Å². The first kappa shape index (κ1) is 18.8. The lowest BCUT2D eigenvalue weighted by atomic mass is 9.83. The third kappa shape index (κ3) is 3.36. The van der Waals surface area contributed by atoms with E-state index in [0.29, 0.717) is 31.7 Å². The molecule has 1 aliphatic carbocycles. The molecule has 5 rings (SSSR count).